The third-order valence-electron chi connectivity index (χ3n) is 9.77. The van der Waals surface area contributed by atoms with Gasteiger partial charge in [-0.05, 0) is 116 Å². The number of hydrogen-bond donors (Lipinski definition) is 0. The average Bonchev–Trinajstić information content (AvgIpc) is 3.76. The van der Waals surface area contributed by atoms with Gasteiger partial charge in [-0.1, -0.05) is 103 Å². The number of pyridine rings is 1. The van der Waals surface area contributed by atoms with Gasteiger partial charge < -0.3 is 8.83 Å². The van der Waals surface area contributed by atoms with E-state index in [9.17, 15) is 0 Å². The first-order valence-corrected chi connectivity index (χ1v) is 16.8. The highest BCUT2D eigenvalue weighted by Crippen LogP contribution is 2.37. The van der Waals surface area contributed by atoms with E-state index in [0.29, 0.717) is 0 Å². The topological polar surface area (TPSA) is 39.2 Å². The van der Waals surface area contributed by atoms with E-state index in [4.69, 9.17) is 8.83 Å². The molecule has 0 atom stereocenters. The van der Waals surface area contributed by atoms with Crippen LogP contribution in [0.15, 0.2) is 185 Å². The lowest BCUT2D eigenvalue weighted by atomic mass is 9.94. The van der Waals surface area contributed by atoms with Crippen molar-refractivity contribution in [1.29, 1.82) is 0 Å². The van der Waals surface area contributed by atoms with Crippen LogP contribution >= 0.6 is 0 Å². The van der Waals surface area contributed by atoms with Gasteiger partial charge in [0.05, 0.1) is 6.20 Å². The van der Waals surface area contributed by atoms with Gasteiger partial charge in [-0.25, -0.2) is 0 Å². The molecule has 7 aromatic carbocycles. The van der Waals surface area contributed by atoms with Crippen LogP contribution in [0.4, 0.5) is 0 Å². The monoisotopic (exact) mass is 639 g/mol. The zero-order chi connectivity index (χ0) is 33.0. The van der Waals surface area contributed by atoms with E-state index in [0.717, 1.165) is 49.4 Å². The number of aromatic nitrogens is 1. The molecule has 0 bridgehead atoms. The molecular weight excluding hydrogens is 611 g/mol. The molecule has 3 aromatic heterocycles. The first-order valence-electron chi connectivity index (χ1n) is 16.8. The van der Waals surface area contributed by atoms with E-state index in [2.05, 4.69) is 151 Å². The maximum atomic E-state index is 6.07. The minimum atomic E-state index is 0.808. The van der Waals surface area contributed by atoms with Crippen LogP contribution in [-0.2, 0) is 0 Å². The van der Waals surface area contributed by atoms with Gasteiger partial charge in [-0.3, -0.25) is 4.98 Å². The maximum Gasteiger partial charge on any atom is 0.153 e. The number of hydrogen-bond acceptors (Lipinski definition) is 3. The summed E-state index contributed by atoms with van der Waals surface area (Å²) in [6, 6.07) is 58.4. The van der Waals surface area contributed by atoms with Crippen LogP contribution in [0.2, 0.25) is 0 Å². The molecule has 0 amide bonds. The van der Waals surface area contributed by atoms with Crippen LogP contribution in [0.25, 0.3) is 99.5 Å². The van der Waals surface area contributed by atoms with Crippen molar-refractivity contribution in [2.75, 3.05) is 0 Å². The number of fused-ring (bicyclic) bond motifs is 6. The minimum absolute atomic E-state index is 0.808. The summed E-state index contributed by atoms with van der Waals surface area (Å²) in [6.07, 6.45) is 3.59. The van der Waals surface area contributed by atoms with Crippen molar-refractivity contribution in [3.8, 4) is 55.6 Å². The normalized spacial score (nSPS) is 11.6. The smallest absolute Gasteiger partial charge is 0.153 e. The summed E-state index contributed by atoms with van der Waals surface area (Å²) in [7, 11) is 0. The molecule has 0 saturated carbocycles. The Morgan fingerprint density at radius 3 is 1.14 bits per heavy atom. The summed E-state index contributed by atoms with van der Waals surface area (Å²) >= 11 is 0. The van der Waals surface area contributed by atoms with Gasteiger partial charge >= 0.3 is 0 Å². The van der Waals surface area contributed by atoms with Crippen molar-refractivity contribution in [3.05, 3.63) is 176 Å². The highest BCUT2D eigenvalue weighted by molar-refractivity contribution is 6.07. The van der Waals surface area contributed by atoms with E-state index in [1.807, 2.05) is 24.4 Å². The molecule has 0 unspecified atom stereocenters. The van der Waals surface area contributed by atoms with Crippen LogP contribution in [0, 0.1) is 0 Å². The number of nitrogens with zero attached hydrogens (tertiary/aromatic N) is 1. The Hall–Kier alpha value is -6.71. The van der Waals surface area contributed by atoms with Crippen molar-refractivity contribution >= 4 is 43.9 Å². The Morgan fingerprint density at radius 2 is 0.660 bits per heavy atom. The molecule has 3 heterocycles. The van der Waals surface area contributed by atoms with Crippen molar-refractivity contribution < 1.29 is 8.83 Å². The number of furan rings is 2. The first kappa shape index (κ1) is 28.3. The van der Waals surface area contributed by atoms with E-state index in [-0.39, 0.29) is 0 Å². The van der Waals surface area contributed by atoms with Crippen LogP contribution in [0.3, 0.4) is 0 Å². The third-order valence-corrected chi connectivity index (χ3v) is 9.77. The molecule has 10 rings (SSSR count). The standard InChI is InChI=1S/C47H29NO2/c1-2-16-44-40(15-1)42-27-38(17-19-45(42)49-44)36-13-5-11-34(25-36)32-9-3-7-30(23-32)31-8-4-10-33(24-31)35-12-6-14-37(26-35)39-18-20-46-43(28-39)41-21-22-48-29-47(41)50-46/h1-29H. The Balaban J connectivity index is 0.968. The van der Waals surface area contributed by atoms with E-state index in [1.165, 1.54) is 50.1 Å². The Bertz CT molecular complexity index is 2690. The summed E-state index contributed by atoms with van der Waals surface area (Å²) in [5.41, 5.74) is 15.3. The molecule has 0 spiro atoms. The SMILES string of the molecule is c1cc(-c2cccc(-c3cccc(-c4ccc5oc6cnccc6c5c4)c3)c2)cc(-c2cccc(-c3ccc4oc5ccccc5c4c3)c2)c1. The molecule has 50 heavy (non-hydrogen) atoms. The molecule has 0 aliphatic rings. The molecule has 0 aliphatic heterocycles. The van der Waals surface area contributed by atoms with E-state index >= 15 is 0 Å². The molecular formula is C47H29NO2. The van der Waals surface area contributed by atoms with Gasteiger partial charge in [0, 0.05) is 27.7 Å². The Labute approximate surface area is 288 Å². The van der Waals surface area contributed by atoms with Gasteiger partial charge in [0.15, 0.2) is 5.58 Å². The molecule has 0 aliphatic carbocycles. The van der Waals surface area contributed by atoms with Crippen molar-refractivity contribution in [3.63, 3.8) is 0 Å². The van der Waals surface area contributed by atoms with Gasteiger partial charge in [0.1, 0.15) is 16.7 Å². The van der Waals surface area contributed by atoms with Crippen molar-refractivity contribution in [1.82, 2.24) is 4.98 Å². The molecule has 0 saturated heterocycles. The fraction of sp³-hybridized carbons (Fsp3) is 0. The predicted octanol–water partition coefficient (Wildman–Crippen LogP) is 13.2. The highest BCUT2D eigenvalue weighted by atomic mass is 16.3. The first-order chi connectivity index (χ1) is 24.7. The van der Waals surface area contributed by atoms with Crippen LogP contribution in [0.1, 0.15) is 0 Å². The molecule has 0 radical (unpaired) electrons. The summed E-state index contributed by atoms with van der Waals surface area (Å²) in [4.78, 5) is 4.22. The molecule has 3 nitrogen and oxygen atoms in total. The second-order valence-corrected chi connectivity index (χ2v) is 12.8. The lowest BCUT2D eigenvalue weighted by Gasteiger charge is -2.11. The van der Waals surface area contributed by atoms with Crippen LogP contribution < -0.4 is 0 Å². The second-order valence-electron chi connectivity index (χ2n) is 12.8. The van der Waals surface area contributed by atoms with Gasteiger partial charge in [0.25, 0.3) is 0 Å². The zero-order valence-electron chi connectivity index (χ0n) is 27.0. The molecule has 0 fully saturated rings. The Morgan fingerprint density at radius 1 is 0.280 bits per heavy atom. The summed E-state index contributed by atoms with van der Waals surface area (Å²) < 4.78 is 12.1. The summed E-state index contributed by atoms with van der Waals surface area (Å²) in [5.74, 6) is 0. The van der Waals surface area contributed by atoms with Gasteiger partial charge in [-0.15, -0.1) is 0 Å². The zero-order valence-corrected chi connectivity index (χ0v) is 27.0. The third kappa shape index (κ3) is 4.87. The molecule has 3 heteroatoms. The van der Waals surface area contributed by atoms with Crippen LogP contribution in [-0.4, -0.2) is 4.98 Å². The van der Waals surface area contributed by atoms with Crippen molar-refractivity contribution in [2.24, 2.45) is 0 Å². The maximum absolute atomic E-state index is 6.07. The predicted molar refractivity (Wildman–Crippen MR) is 206 cm³/mol. The highest BCUT2D eigenvalue weighted by Gasteiger charge is 2.12. The van der Waals surface area contributed by atoms with Gasteiger partial charge in [0.2, 0.25) is 0 Å². The van der Waals surface area contributed by atoms with Gasteiger partial charge in [-0.2, -0.15) is 0 Å². The second kappa shape index (κ2) is 11.5. The fourth-order valence-electron chi connectivity index (χ4n) is 7.23. The lowest BCUT2D eigenvalue weighted by Crippen LogP contribution is -1.85. The number of rotatable bonds is 5. The number of benzene rings is 7. The van der Waals surface area contributed by atoms with Crippen LogP contribution in [0.5, 0.6) is 0 Å². The van der Waals surface area contributed by atoms with E-state index in [1.54, 1.807) is 6.20 Å². The van der Waals surface area contributed by atoms with E-state index < -0.39 is 0 Å². The minimum Gasteiger partial charge on any atom is -0.456 e. The quantitative estimate of drug-likeness (QED) is 0.188. The molecule has 234 valence electrons. The summed E-state index contributed by atoms with van der Waals surface area (Å²) in [6.45, 7) is 0. The molecule has 0 N–H and O–H groups in total. The number of para-hydroxylation sites is 1. The summed E-state index contributed by atoms with van der Waals surface area (Å²) in [5, 5.41) is 4.47. The average molecular weight is 640 g/mol. The largest absolute Gasteiger partial charge is 0.456 e. The molecule has 10 aromatic rings. The fourth-order valence-corrected chi connectivity index (χ4v) is 7.23. The van der Waals surface area contributed by atoms with Crippen molar-refractivity contribution in [2.45, 2.75) is 0 Å². The Kier molecular flexibility index (Phi) is 6.49. The lowest BCUT2D eigenvalue weighted by molar-refractivity contribution is 0.667.